The zero-order chi connectivity index (χ0) is 16.4. The highest BCUT2D eigenvalue weighted by atomic mass is 32.2. The Morgan fingerprint density at radius 2 is 2.09 bits per heavy atom. The number of rotatable bonds is 6. The molecule has 0 saturated carbocycles. The van der Waals surface area contributed by atoms with E-state index < -0.39 is 10.0 Å². The van der Waals surface area contributed by atoms with E-state index in [1.807, 2.05) is 24.3 Å². The normalized spacial score (nSPS) is 22.9. The molecule has 2 aromatic rings. The van der Waals surface area contributed by atoms with E-state index in [4.69, 9.17) is 4.42 Å². The average Bonchev–Trinajstić information content (AvgIpc) is 3.01. The lowest BCUT2D eigenvalue weighted by Gasteiger charge is -2.17. The van der Waals surface area contributed by atoms with Gasteiger partial charge < -0.3 is 4.42 Å². The van der Waals surface area contributed by atoms with E-state index >= 15 is 0 Å². The minimum atomic E-state index is -3.18. The molecule has 5 nitrogen and oxygen atoms in total. The van der Waals surface area contributed by atoms with Crippen molar-refractivity contribution >= 4 is 21.0 Å². The van der Waals surface area contributed by atoms with Gasteiger partial charge in [-0.3, -0.25) is 4.90 Å². The van der Waals surface area contributed by atoms with Crippen LogP contribution < -0.4 is 4.72 Å². The van der Waals surface area contributed by atoms with Gasteiger partial charge in [-0.25, -0.2) is 13.1 Å². The van der Waals surface area contributed by atoms with Crippen LogP contribution in [0.2, 0.25) is 0 Å². The summed E-state index contributed by atoms with van der Waals surface area (Å²) < 4.78 is 31.8. The van der Waals surface area contributed by atoms with Gasteiger partial charge in [0.25, 0.3) is 0 Å². The van der Waals surface area contributed by atoms with Gasteiger partial charge in [-0.05, 0) is 24.5 Å². The van der Waals surface area contributed by atoms with Crippen molar-refractivity contribution in [2.75, 3.05) is 19.3 Å². The van der Waals surface area contributed by atoms with E-state index in [0.29, 0.717) is 5.92 Å². The zero-order valence-corrected chi connectivity index (χ0v) is 14.5. The van der Waals surface area contributed by atoms with E-state index in [0.717, 1.165) is 49.2 Å². The molecule has 126 valence electrons. The molecule has 1 fully saturated rings. The average molecular weight is 336 g/mol. The Labute approximate surface area is 137 Å². The predicted molar refractivity (Wildman–Crippen MR) is 91.7 cm³/mol. The van der Waals surface area contributed by atoms with E-state index in [1.54, 1.807) is 0 Å². The summed E-state index contributed by atoms with van der Waals surface area (Å²) in [6.07, 6.45) is 3.33. The molecule has 1 saturated heterocycles. The monoisotopic (exact) mass is 336 g/mol. The van der Waals surface area contributed by atoms with Crippen LogP contribution in [0.5, 0.6) is 0 Å². The van der Waals surface area contributed by atoms with Gasteiger partial charge in [0.2, 0.25) is 10.0 Å². The highest BCUT2D eigenvalue weighted by molar-refractivity contribution is 7.88. The molecule has 1 aromatic heterocycles. The second kappa shape index (κ2) is 6.63. The third-order valence-electron chi connectivity index (χ3n) is 4.40. The van der Waals surface area contributed by atoms with Crippen LogP contribution in [0.3, 0.4) is 0 Å². The summed E-state index contributed by atoms with van der Waals surface area (Å²) in [6.45, 7) is 4.49. The number of para-hydroxylation sites is 1. The van der Waals surface area contributed by atoms with E-state index in [1.165, 1.54) is 6.26 Å². The number of hydrogen-bond acceptors (Lipinski definition) is 4. The minimum absolute atomic E-state index is 0.00525. The molecule has 1 aromatic carbocycles. The molecule has 0 aliphatic carbocycles. The number of fused-ring (bicyclic) bond motifs is 1. The number of nitrogens with one attached hydrogen (secondary N) is 1. The highest BCUT2D eigenvalue weighted by Gasteiger charge is 2.34. The molecule has 2 atom stereocenters. The topological polar surface area (TPSA) is 62.6 Å². The van der Waals surface area contributed by atoms with Gasteiger partial charge >= 0.3 is 0 Å². The quantitative estimate of drug-likeness (QED) is 0.881. The lowest BCUT2D eigenvalue weighted by molar-refractivity contribution is 0.287. The van der Waals surface area contributed by atoms with Crippen molar-refractivity contribution in [3.05, 3.63) is 36.1 Å². The number of hydrogen-bond donors (Lipinski definition) is 1. The van der Waals surface area contributed by atoms with Crippen LogP contribution in [0, 0.1) is 5.92 Å². The molecule has 6 heteroatoms. The predicted octanol–water partition coefficient (Wildman–Crippen LogP) is 2.58. The number of furan rings is 1. The Bertz CT molecular complexity index is 736. The molecular weight excluding hydrogens is 312 g/mol. The Morgan fingerprint density at radius 3 is 2.78 bits per heavy atom. The maximum Gasteiger partial charge on any atom is 0.209 e. The first kappa shape index (κ1) is 16.5. The lowest BCUT2D eigenvalue weighted by Crippen LogP contribution is -2.39. The highest BCUT2D eigenvalue weighted by Crippen LogP contribution is 2.26. The molecule has 0 spiro atoms. The van der Waals surface area contributed by atoms with Crippen molar-refractivity contribution < 1.29 is 12.8 Å². The van der Waals surface area contributed by atoms with Gasteiger partial charge in [-0.1, -0.05) is 31.5 Å². The summed E-state index contributed by atoms with van der Waals surface area (Å²) in [5.74, 6) is 1.29. The maximum absolute atomic E-state index is 11.6. The summed E-state index contributed by atoms with van der Waals surface area (Å²) in [4.78, 5) is 2.28. The molecule has 2 unspecified atom stereocenters. The molecule has 1 aliphatic heterocycles. The molecule has 2 heterocycles. The Kier molecular flexibility index (Phi) is 4.75. The van der Waals surface area contributed by atoms with Crippen LogP contribution in [-0.4, -0.2) is 38.7 Å². The lowest BCUT2D eigenvalue weighted by atomic mass is 9.99. The smallest absolute Gasteiger partial charge is 0.209 e. The van der Waals surface area contributed by atoms with Crippen LogP contribution in [0.4, 0.5) is 0 Å². The van der Waals surface area contributed by atoms with Crippen molar-refractivity contribution in [2.45, 2.75) is 32.4 Å². The molecule has 23 heavy (non-hydrogen) atoms. The van der Waals surface area contributed by atoms with Crippen LogP contribution in [0.15, 0.2) is 34.7 Å². The number of likely N-dealkylation sites (tertiary alicyclic amines) is 1. The largest absolute Gasteiger partial charge is 0.460 e. The van der Waals surface area contributed by atoms with Crippen LogP contribution in [0.1, 0.15) is 25.5 Å². The zero-order valence-electron chi connectivity index (χ0n) is 13.7. The Morgan fingerprint density at radius 1 is 1.30 bits per heavy atom. The van der Waals surface area contributed by atoms with Crippen molar-refractivity contribution in [1.29, 1.82) is 0 Å². The van der Waals surface area contributed by atoms with Gasteiger partial charge in [-0.15, -0.1) is 0 Å². The van der Waals surface area contributed by atoms with Crippen LogP contribution in [-0.2, 0) is 16.6 Å². The molecule has 1 N–H and O–H groups in total. The summed E-state index contributed by atoms with van der Waals surface area (Å²) in [5.41, 5.74) is 0.901. The fourth-order valence-electron chi connectivity index (χ4n) is 3.50. The van der Waals surface area contributed by atoms with Gasteiger partial charge in [0, 0.05) is 24.5 Å². The fourth-order valence-corrected chi connectivity index (χ4v) is 4.31. The SMILES string of the molecule is CCCC1CN(Cc2cc3ccccc3o2)CC1NS(C)(=O)=O. The summed E-state index contributed by atoms with van der Waals surface area (Å²) in [5, 5.41) is 1.11. The van der Waals surface area contributed by atoms with E-state index in [9.17, 15) is 8.42 Å². The first-order valence-corrected chi connectivity index (χ1v) is 10.0. The summed E-state index contributed by atoms with van der Waals surface area (Å²) in [6, 6.07) is 10.0. The first-order valence-electron chi connectivity index (χ1n) is 8.11. The number of benzene rings is 1. The summed E-state index contributed by atoms with van der Waals surface area (Å²) >= 11 is 0. The third-order valence-corrected chi connectivity index (χ3v) is 5.13. The molecule has 0 radical (unpaired) electrons. The fraction of sp³-hybridized carbons (Fsp3) is 0.529. The van der Waals surface area contributed by atoms with Crippen LogP contribution in [0.25, 0.3) is 11.0 Å². The van der Waals surface area contributed by atoms with Crippen molar-refractivity contribution in [3.63, 3.8) is 0 Å². The molecule has 0 bridgehead atoms. The van der Waals surface area contributed by atoms with E-state index in [-0.39, 0.29) is 6.04 Å². The van der Waals surface area contributed by atoms with E-state index in [2.05, 4.69) is 22.6 Å². The second-order valence-corrected chi connectivity index (χ2v) is 8.27. The van der Waals surface area contributed by atoms with Crippen molar-refractivity contribution in [1.82, 2.24) is 9.62 Å². The standard InChI is InChI=1S/C17H24N2O3S/c1-3-6-14-10-19(12-16(14)18-23(2,20)21)11-15-9-13-7-4-5-8-17(13)22-15/h4-5,7-9,14,16,18H,3,6,10-12H2,1-2H3. The van der Waals surface area contributed by atoms with Gasteiger partial charge in [-0.2, -0.15) is 0 Å². The second-order valence-electron chi connectivity index (χ2n) is 6.49. The van der Waals surface area contributed by atoms with Crippen LogP contribution >= 0.6 is 0 Å². The molecule has 1 aliphatic rings. The minimum Gasteiger partial charge on any atom is -0.460 e. The molecule has 3 rings (SSSR count). The molecule has 0 amide bonds. The maximum atomic E-state index is 11.6. The summed E-state index contributed by atoms with van der Waals surface area (Å²) in [7, 11) is -3.18. The van der Waals surface area contributed by atoms with Crippen molar-refractivity contribution in [3.8, 4) is 0 Å². The first-order chi connectivity index (χ1) is 10.9. The Hall–Kier alpha value is -1.37. The number of nitrogens with zero attached hydrogens (tertiary/aromatic N) is 1. The van der Waals surface area contributed by atoms with Gasteiger partial charge in [0.15, 0.2) is 0 Å². The van der Waals surface area contributed by atoms with Crippen molar-refractivity contribution in [2.24, 2.45) is 5.92 Å². The molecular formula is C17H24N2O3S. The van der Waals surface area contributed by atoms with Gasteiger partial charge in [0.1, 0.15) is 11.3 Å². The van der Waals surface area contributed by atoms with Gasteiger partial charge in [0.05, 0.1) is 12.8 Å². The third kappa shape index (κ3) is 4.13. The Balaban J connectivity index is 1.70. The number of sulfonamides is 1.